The van der Waals surface area contributed by atoms with Crippen molar-refractivity contribution < 1.29 is 14.3 Å². The number of carbonyl (C=O) groups excluding carboxylic acids is 2. The van der Waals surface area contributed by atoms with Gasteiger partial charge in [-0.1, -0.05) is 0 Å². The number of anilines is 1. The average Bonchev–Trinajstić information content (AvgIpc) is 3.16. The van der Waals surface area contributed by atoms with Crippen LogP contribution in [-0.2, 0) is 0 Å². The molecule has 0 aliphatic carbocycles. The van der Waals surface area contributed by atoms with Crippen molar-refractivity contribution in [3.05, 3.63) is 40.3 Å². The molecule has 0 radical (unpaired) electrons. The van der Waals surface area contributed by atoms with Crippen molar-refractivity contribution in [3.63, 3.8) is 0 Å². The zero-order valence-electron chi connectivity index (χ0n) is 13.9. The molecule has 8 heteroatoms. The Hall–Kier alpha value is -2.61. The number of thiazole rings is 1. The van der Waals surface area contributed by atoms with E-state index < -0.39 is 5.91 Å². The summed E-state index contributed by atoms with van der Waals surface area (Å²) in [5.74, 6) is -0.226. The van der Waals surface area contributed by atoms with Gasteiger partial charge in [-0.3, -0.25) is 4.79 Å². The lowest BCUT2D eigenvalue weighted by molar-refractivity contribution is 0.0997. The van der Waals surface area contributed by atoms with Gasteiger partial charge < -0.3 is 20.7 Å². The number of carbonyl (C=O) groups is 2. The monoisotopic (exact) mass is 360 g/mol. The van der Waals surface area contributed by atoms with Crippen LogP contribution in [0.5, 0.6) is 5.75 Å². The van der Waals surface area contributed by atoms with Gasteiger partial charge in [0.05, 0.1) is 18.7 Å². The van der Waals surface area contributed by atoms with Crippen LogP contribution in [0.4, 0.5) is 10.5 Å². The summed E-state index contributed by atoms with van der Waals surface area (Å²) in [6.07, 6.45) is 4.69. The number of nitrogens with one attached hydrogen (secondary N) is 1. The number of likely N-dealkylation sites (tertiary alicyclic amines) is 1. The molecule has 1 fully saturated rings. The zero-order chi connectivity index (χ0) is 17.8. The molecular formula is C17H20N4O3S. The summed E-state index contributed by atoms with van der Waals surface area (Å²) in [6, 6.07) is 4.61. The SMILES string of the molecule is COc1ccc(NC(=O)N2CCCC[C@@H]2c2nccs2)cc1C(N)=O. The molecule has 1 atom stereocenters. The Morgan fingerprint density at radius 1 is 1.40 bits per heavy atom. The predicted molar refractivity (Wildman–Crippen MR) is 95.9 cm³/mol. The lowest BCUT2D eigenvalue weighted by Crippen LogP contribution is -2.41. The third-order valence-corrected chi connectivity index (χ3v) is 5.09. The van der Waals surface area contributed by atoms with E-state index in [9.17, 15) is 9.59 Å². The van der Waals surface area contributed by atoms with E-state index in [-0.39, 0.29) is 17.6 Å². The Bertz CT molecular complexity index is 763. The molecule has 2 heterocycles. The van der Waals surface area contributed by atoms with E-state index in [1.54, 1.807) is 34.6 Å². The average molecular weight is 360 g/mol. The predicted octanol–water partition coefficient (Wildman–Crippen LogP) is 3.01. The summed E-state index contributed by atoms with van der Waals surface area (Å²) in [5.41, 5.74) is 6.10. The van der Waals surface area contributed by atoms with E-state index in [1.165, 1.54) is 13.2 Å². The van der Waals surface area contributed by atoms with E-state index in [0.717, 1.165) is 24.3 Å². The van der Waals surface area contributed by atoms with Gasteiger partial charge in [-0.05, 0) is 37.5 Å². The van der Waals surface area contributed by atoms with Crippen LogP contribution in [0.2, 0.25) is 0 Å². The minimum Gasteiger partial charge on any atom is -0.496 e. The Morgan fingerprint density at radius 3 is 2.92 bits per heavy atom. The first kappa shape index (κ1) is 17.2. The second-order valence-electron chi connectivity index (χ2n) is 5.78. The van der Waals surface area contributed by atoms with E-state index in [1.807, 2.05) is 5.38 Å². The molecule has 0 unspecified atom stereocenters. The highest BCUT2D eigenvalue weighted by atomic mass is 32.1. The highest BCUT2D eigenvalue weighted by molar-refractivity contribution is 7.09. The highest BCUT2D eigenvalue weighted by Gasteiger charge is 2.29. The molecule has 0 saturated carbocycles. The van der Waals surface area contributed by atoms with Gasteiger partial charge in [-0.25, -0.2) is 9.78 Å². The van der Waals surface area contributed by atoms with Crippen LogP contribution in [0.25, 0.3) is 0 Å². The second-order valence-corrected chi connectivity index (χ2v) is 6.71. The van der Waals surface area contributed by atoms with Crippen molar-refractivity contribution in [2.45, 2.75) is 25.3 Å². The summed E-state index contributed by atoms with van der Waals surface area (Å²) in [5, 5.41) is 5.72. The molecule has 0 bridgehead atoms. The van der Waals surface area contributed by atoms with Gasteiger partial charge >= 0.3 is 6.03 Å². The van der Waals surface area contributed by atoms with Crippen LogP contribution in [0, 0.1) is 0 Å². The van der Waals surface area contributed by atoms with Gasteiger partial charge in [0.1, 0.15) is 10.8 Å². The Kier molecular flexibility index (Phi) is 5.18. The zero-order valence-corrected chi connectivity index (χ0v) is 14.7. The number of rotatable bonds is 4. The van der Waals surface area contributed by atoms with Crippen LogP contribution < -0.4 is 15.8 Å². The molecule has 1 aromatic heterocycles. The number of primary amides is 1. The van der Waals surface area contributed by atoms with Crippen LogP contribution in [-0.4, -0.2) is 35.5 Å². The van der Waals surface area contributed by atoms with E-state index in [4.69, 9.17) is 10.5 Å². The first-order valence-corrected chi connectivity index (χ1v) is 8.93. The van der Waals surface area contributed by atoms with Crippen molar-refractivity contribution in [1.82, 2.24) is 9.88 Å². The van der Waals surface area contributed by atoms with Gasteiger partial charge in [0.2, 0.25) is 0 Å². The topological polar surface area (TPSA) is 97.6 Å². The summed E-state index contributed by atoms with van der Waals surface area (Å²) in [4.78, 5) is 30.5. The molecule has 1 aliphatic rings. The Labute approximate surface area is 149 Å². The highest BCUT2D eigenvalue weighted by Crippen LogP contribution is 2.32. The normalized spacial score (nSPS) is 17.2. The molecule has 2 aromatic rings. The Balaban J connectivity index is 1.79. The molecule has 3 rings (SSSR count). The van der Waals surface area contributed by atoms with Gasteiger partial charge in [0, 0.05) is 23.8 Å². The number of methoxy groups -OCH3 is 1. The van der Waals surface area contributed by atoms with Gasteiger partial charge in [0.15, 0.2) is 0 Å². The van der Waals surface area contributed by atoms with Crippen molar-refractivity contribution in [3.8, 4) is 5.75 Å². The van der Waals surface area contributed by atoms with Gasteiger partial charge in [0.25, 0.3) is 5.91 Å². The molecule has 3 amide bonds. The number of nitrogens with two attached hydrogens (primary N) is 1. The van der Waals surface area contributed by atoms with Crippen LogP contribution in [0.1, 0.15) is 40.7 Å². The molecular weight excluding hydrogens is 340 g/mol. The largest absolute Gasteiger partial charge is 0.496 e. The summed E-state index contributed by atoms with van der Waals surface area (Å²) < 4.78 is 5.12. The molecule has 132 valence electrons. The first-order chi connectivity index (χ1) is 12.1. The third kappa shape index (κ3) is 3.74. The fourth-order valence-corrected chi connectivity index (χ4v) is 3.79. The van der Waals surface area contributed by atoms with Crippen molar-refractivity contribution in [1.29, 1.82) is 0 Å². The van der Waals surface area contributed by atoms with E-state index >= 15 is 0 Å². The maximum Gasteiger partial charge on any atom is 0.322 e. The minimum atomic E-state index is -0.605. The standard InChI is InChI=1S/C17H20N4O3S/c1-24-14-6-5-11(10-12(14)15(18)22)20-17(23)21-8-3-2-4-13(21)16-19-7-9-25-16/h5-7,9-10,13H,2-4,8H2,1H3,(H2,18,22)(H,20,23)/t13-/m1/s1. The number of hydrogen-bond donors (Lipinski definition) is 2. The van der Waals surface area contributed by atoms with Crippen LogP contribution >= 0.6 is 11.3 Å². The quantitative estimate of drug-likeness (QED) is 0.876. The van der Waals surface area contributed by atoms with Crippen molar-refractivity contribution in [2.75, 3.05) is 19.0 Å². The smallest absolute Gasteiger partial charge is 0.322 e. The molecule has 1 saturated heterocycles. The van der Waals surface area contributed by atoms with E-state index in [2.05, 4.69) is 10.3 Å². The number of hydrogen-bond acceptors (Lipinski definition) is 5. The molecule has 0 spiro atoms. The van der Waals surface area contributed by atoms with Crippen LogP contribution in [0.3, 0.4) is 0 Å². The number of piperidine rings is 1. The molecule has 1 aromatic carbocycles. The Morgan fingerprint density at radius 2 is 2.24 bits per heavy atom. The van der Waals surface area contributed by atoms with Gasteiger partial charge in [-0.2, -0.15) is 0 Å². The number of benzene rings is 1. The number of aromatic nitrogens is 1. The second kappa shape index (κ2) is 7.52. The molecule has 3 N–H and O–H groups in total. The summed E-state index contributed by atoms with van der Waals surface area (Å²) in [7, 11) is 1.46. The molecule has 7 nitrogen and oxygen atoms in total. The van der Waals surface area contributed by atoms with E-state index in [0.29, 0.717) is 18.0 Å². The van der Waals surface area contributed by atoms with Gasteiger partial charge in [-0.15, -0.1) is 11.3 Å². The first-order valence-electron chi connectivity index (χ1n) is 8.05. The molecule has 1 aliphatic heterocycles. The number of urea groups is 1. The summed E-state index contributed by atoms with van der Waals surface area (Å²) >= 11 is 1.56. The number of amides is 3. The van der Waals surface area contributed by atoms with Crippen molar-refractivity contribution in [2.24, 2.45) is 5.73 Å². The fourth-order valence-electron chi connectivity index (χ4n) is 3.00. The lowest BCUT2D eigenvalue weighted by Gasteiger charge is -2.34. The fraction of sp³-hybridized carbons (Fsp3) is 0.353. The lowest BCUT2D eigenvalue weighted by atomic mass is 10.0. The maximum absolute atomic E-state index is 12.8. The third-order valence-electron chi connectivity index (χ3n) is 4.22. The number of ether oxygens (including phenoxy) is 1. The summed E-state index contributed by atoms with van der Waals surface area (Å²) in [6.45, 7) is 0.676. The van der Waals surface area contributed by atoms with Crippen molar-refractivity contribution >= 4 is 29.0 Å². The minimum absolute atomic E-state index is 0.0115. The maximum atomic E-state index is 12.8. The number of nitrogens with zero attached hydrogens (tertiary/aromatic N) is 2. The van der Waals surface area contributed by atoms with Crippen LogP contribution in [0.15, 0.2) is 29.8 Å². The molecule has 25 heavy (non-hydrogen) atoms.